The van der Waals surface area contributed by atoms with E-state index in [9.17, 15) is 9.18 Å². The summed E-state index contributed by atoms with van der Waals surface area (Å²) in [6, 6.07) is 6.13. The number of hydrogen-bond acceptors (Lipinski definition) is 5. The van der Waals surface area contributed by atoms with E-state index in [0.717, 1.165) is 31.2 Å². The molecule has 2 aliphatic heterocycles. The Morgan fingerprint density at radius 2 is 2.07 bits per heavy atom. The second-order valence-electron chi connectivity index (χ2n) is 7.58. The topological polar surface area (TPSA) is 63.5 Å². The molecule has 1 atom stereocenters. The average Bonchev–Trinajstić information content (AvgIpc) is 2.98. The van der Waals surface area contributed by atoms with Crippen molar-refractivity contribution in [1.82, 2.24) is 24.6 Å². The highest BCUT2D eigenvalue weighted by Gasteiger charge is 2.28. The fraction of sp³-hybridized carbons (Fsp3) is 0.550. The molecule has 1 aromatic carbocycles. The average molecular weight is 387 g/mol. The molecule has 7 nitrogen and oxygen atoms in total. The van der Waals surface area contributed by atoms with E-state index >= 15 is 0 Å². The monoisotopic (exact) mass is 387 g/mol. The van der Waals surface area contributed by atoms with Gasteiger partial charge in [-0.2, -0.15) is 0 Å². The molecular weight excluding hydrogens is 361 g/mol. The number of halogens is 1. The maximum absolute atomic E-state index is 13.7. The van der Waals surface area contributed by atoms with E-state index in [0.29, 0.717) is 32.0 Å². The Bertz CT molecular complexity index is 840. The number of fused-ring (bicyclic) bond motifs is 1. The lowest BCUT2D eigenvalue weighted by atomic mass is 9.97. The molecule has 0 bridgehead atoms. The van der Waals surface area contributed by atoms with E-state index in [4.69, 9.17) is 4.74 Å². The summed E-state index contributed by atoms with van der Waals surface area (Å²) in [5.41, 5.74) is 0. The fourth-order valence-corrected chi connectivity index (χ4v) is 4.07. The van der Waals surface area contributed by atoms with Crippen molar-refractivity contribution < 1.29 is 13.9 Å². The van der Waals surface area contributed by atoms with Gasteiger partial charge in [0.2, 0.25) is 0 Å². The number of ether oxygens (including phenoxy) is 1. The van der Waals surface area contributed by atoms with E-state index in [1.54, 1.807) is 17.0 Å². The standard InChI is InChI=1S/C20H26FN5O2/c1-24-9-4-5-15(13-24)20-23-22-18-8-10-25(11-12-26(18)20)19(27)14-28-17-7-3-2-6-16(17)21/h2-3,6-7,15H,4-5,8-14H2,1H3. The maximum atomic E-state index is 13.7. The summed E-state index contributed by atoms with van der Waals surface area (Å²) in [5.74, 6) is 1.88. The molecule has 4 rings (SSSR count). The molecular formula is C20H26FN5O2. The number of rotatable bonds is 4. The van der Waals surface area contributed by atoms with Crippen LogP contribution in [-0.2, 0) is 17.8 Å². The fourth-order valence-electron chi connectivity index (χ4n) is 4.07. The van der Waals surface area contributed by atoms with Gasteiger partial charge < -0.3 is 19.1 Å². The van der Waals surface area contributed by atoms with Gasteiger partial charge in [0.1, 0.15) is 11.6 Å². The summed E-state index contributed by atoms with van der Waals surface area (Å²) >= 11 is 0. The van der Waals surface area contributed by atoms with Gasteiger partial charge in [-0.3, -0.25) is 4.79 Å². The Morgan fingerprint density at radius 1 is 1.21 bits per heavy atom. The zero-order valence-corrected chi connectivity index (χ0v) is 16.2. The Balaban J connectivity index is 1.38. The van der Waals surface area contributed by atoms with Crippen molar-refractivity contribution in [3.63, 3.8) is 0 Å². The summed E-state index contributed by atoms with van der Waals surface area (Å²) in [7, 11) is 2.14. The summed E-state index contributed by atoms with van der Waals surface area (Å²) in [5, 5.41) is 8.86. The van der Waals surface area contributed by atoms with Gasteiger partial charge >= 0.3 is 0 Å². The number of nitrogens with zero attached hydrogens (tertiary/aromatic N) is 5. The molecule has 0 N–H and O–H groups in total. The van der Waals surface area contributed by atoms with Crippen molar-refractivity contribution >= 4 is 5.91 Å². The number of carbonyl (C=O) groups is 1. The first-order valence-corrected chi connectivity index (χ1v) is 9.87. The van der Waals surface area contributed by atoms with Crippen LogP contribution in [0.3, 0.4) is 0 Å². The Labute approximate surface area is 164 Å². The summed E-state index contributed by atoms with van der Waals surface area (Å²) in [6.07, 6.45) is 2.96. The van der Waals surface area contributed by atoms with Crippen LogP contribution >= 0.6 is 0 Å². The van der Waals surface area contributed by atoms with Gasteiger partial charge in [-0.25, -0.2) is 4.39 Å². The van der Waals surface area contributed by atoms with Crippen LogP contribution in [0.1, 0.15) is 30.4 Å². The molecule has 150 valence electrons. The quantitative estimate of drug-likeness (QED) is 0.799. The minimum atomic E-state index is -0.459. The molecule has 8 heteroatoms. The van der Waals surface area contributed by atoms with Crippen LogP contribution in [0.4, 0.5) is 4.39 Å². The van der Waals surface area contributed by atoms with Gasteiger partial charge in [0.15, 0.2) is 18.2 Å². The first-order valence-electron chi connectivity index (χ1n) is 9.87. The first kappa shape index (κ1) is 18.9. The third kappa shape index (κ3) is 4.01. The predicted octanol–water partition coefficient (Wildman–Crippen LogP) is 1.69. The number of hydrogen-bond donors (Lipinski definition) is 0. The zero-order chi connectivity index (χ0) is 19.5. The number of carbonyl (C=O) groups excluding carboxylic acids is 1. The number of benzene rings is 1. The predicted molar refractivity (Wildman–Crippen MR) is 102 cm³/mol. The minimum absolute atomic E-state index is 0.103. The normalized spacial score (nSPS) is 20.5. The van der Waals surface area contributed by atoms with Crippen LogP contribution in [0.5, 0.6) is 5.75 Å². The lowest BCUT2D eigenvalue weighted by Gasteiger charge is -2.29. The molecule has 1 aromatic heterocycles. The van der Waals surface area contributed by atoms with Crippen LogP contribution in [0.15, 0.2) is 24.3 Å². The van der Waals surface area contributed by atoms with Gasteiger partial charge in [0, 0.05) is 38.5 Å². The van der Waals surface area contributed by atoms with E-state index in [1.807, 2.05) is 0 Å². The number of piperidine rings is 1. The maximum Gasteiger partial charge on any atom is 0.260 e. The van der Waals surface area contributed by atoms with E-state index < -0.39 is 5.82 Å². The number of aromatic nitrogens is 3. The summed E-state index contributed by atoms with van der Waals surface area (Å²) < 4.78 is 21.2. The van der Waals surface area contributed by atoms with E-state index in [2.05, 4.69) is 26.7 Å². The van der Waals surface area contributed by atoms with E-state index in [1.165, 1.54) is 18.6 Å². The number of likely N-dealkylation sites (tertiary alicyclic amines) is 1. The SMILES string of the molecule is CN1CCCC(c2nnc3n2CCN(C(=O)COc2ccccc2F)CC3)C1. The van der Waals surface area contributed by atoms with Crippen LogP contribution in [-0.4, -0.2) is 70.3 Å². The van der Waals surface area contributed by atoms with E-state index in [-0.39, 0.29) is 18.3 Å². The van der Waals surface area contributed by atoms with Crippen molar-refractivity contribution in [1.29, 1.82) is 0 Å². The van der Waals surface area contributed by atoms with Gasteiger partial charge in [-0.15, -0.1) is 10.2 Å². The Kier molecular flexibility index (Phi) is 5.57. The van der Waals surface area contributed by atoms with Crippen LogP contribution in [0.2, 0.25) is 0 Å². The van der Waals surface area contributed by atoms with Crippen LogP contribution < -0.4 is 4.74 Å². The summed E-state index contributed by atoms with van der Waals surface area (Å²) in [4.78, 5) is 16.7. The highest BCUT2D eigenvalue weighted by molar-refractivity contribution is 5.77. The van der Waals surface area contributed by atoms with Crippen molar-refractivity contribution in [3.05, 3.63) is 41.7 Å². The van der Waals surface area contributed by atoms with Gasteiger partial charge in [-0.1, -0.05) is 12.1 Å². The highest BCUT2D eigenvalue weighted by atomic mass is 19.1. The van der Waals surface area contributed by atoms with Gasteiger partial charge in [-0.05, 0) is 38.6 Å². The molecule has 28 heavy (non-hydrogen) atoms. The largest absolute Gasteiger partial charge is 0.481 e. The number of amides is 1. The highest BCUT2D eigenvalue weighted by Crippen LogP contribution is 2.26. The third-order valence-electron chi connectivity index (χ3n) is 5.58. The first-order chi connectivity index (χ1) is 13.6. The van der Waals surface area contributed by atoms with Crippen LogP contribution in [0.25, 0.3) is 0 Å². The lowest BCUT2D eigenvalue weighted by Crippen LogP contribution is -2.37. The van der Waals surface area contributed by atoms with Crippen molar-refractivity contribution in [2.24, 2.45) is 0 Å². The molecule has 0 aliphatic carbocycles. The van der Waals surface area contributed by atoms with Crippen molar-refractivity contribution in [2.75, 3.05) is 39.8 Å². The lowest BCUT2D eigenvalue weighted by molar-refractivity contribution is -0.133. The summed E-state index contributed by atoms with van der Waals surface area (Å²) in [6.45, 7) is 3.80. The Morgan fingerprint density at radius 3 is 2.89 bits per heavy atom. The molecule has 2 aliphatic rings. The molecule has 1 unspecified atom stereocenters. The number of likely N-dealkylation sites (N-methyl/N-ethyl adjacent to an activating group) is 1. The molecule has 3 heterocycles. The minimum Gasteiger partial charge on any atom is -0.481 e. The zero-order valence-electron chi connectivity index (χ0n) is 16.2. The number of para-hydroxylation sites is 1. The molecule has 0 radical (unpaired) electrons. The van der Waals surface area contributed by atoms with Crippen molar-refractivity contribution in [2.45, 2.75) is 31.7 Å². The van der Waals surface area contributed by atoms with Crippen molar-refractivity contribution in [3.8, 4) is 5.75 Å². The second-order valence-corrected chi connectivity index (χ2v) is 7.58. The van der Waals surface area contributed by atoms with Crippen LogP contribution in [0, 0.1) is 5.82 Å². The smallest absolute Gasteiger partial charge is 0.260 e. The Hall–Kier alpha value is -2.48. The molecule has 1 amide bonds. The molecule has 0 saturated carbocycles. The van der Waals surface area contributed by atoms with Gasteiger partial charge in [0.05, 0.1) is 0 Å². The third-order valence-corrected chi connectivity index (χ3v) is 5.58. The molecule has 0 spiro atoms. The molecule has 1 saturated heterocycles. The van der Waals surface area contributed by atoms with Gasteiger partial charge in [0.25, 0.3) is 5.91 Å². The molecule has 2 aromatic rings. The molecule has 1 fully saturated rings. The second kappa shape index (κ2) is 8.26.